The Kier molecular flexibility index (Phi) is 15.3. The predicted octanol–water partition coefficient (Wildman–Crippen LogP) is 6.96. The molecule has 0 spiro atoms. The van der Waals surface area contributed by atoms with Crippen molar-refractivity contribution in [1.82, 2.24) is 24.5 Å². The van der Waals surface area contributed by atoms with E-state index in [9.17, 15) is 19.5 Å². The van der Waals surface area contributed by atoms with E-state index >= 15 is 4.39 Å². The summed E-state index contributed by atoms with van der Waals surface area (Å²) in [6.45, 7) is 12.4. The largest absolute Gasteiger partial charge is 0.695 e. The van der Waals surface area contributed by atoms with Gasteiger partial charge < -0.3 is 41.0 Å². The minimum Gasteiger partial charge on any atom is -0.474 e. The van der Waals surface area contributed by atoms with Crippen LogP contribution < -0.4 is 10.3 Å². The molecule has 3 aromatic heterocycles. The lowest BCUT2D eigenvalue weighted by molar-refractivity contribution is -0.0568. The molecule has 18 nitrogen and oxygen atoms in total. The molecule has 330 valence electrons. The van der Waals surface area contributed by atoms with Gasteiger partial charge in [-0.15, -0.1) is 9.42 Å². The summed E-state index contributed by atoms with van der Waals surface area (Å²) in [6, 6.07) is 3.64. The van der Waals surface area contributed by atoms with Crippen LogP contribution in [-0.2, 0) is 52.2 Å². The van der Waals surface area contributed by atoms with Crippen LogP contribution in [-0.4, -0.2) is 96.9 Å². The second-order valence-corrected chi connectivity index (χ2v) is 28.9. The average Bonchev–Trinajstić information content (AvgIpc) is 3.82. The van der Waals surface area contributed by atoms with Crippen molar-refractivity contribution in [2.24, 2.45) is 5.92 Å². The van der Waals surface area contributed by atoms with Crippen molar-refractivity contribution in [3.63, 3.8) is 0 Å². The van der Waals surface area contributed by atoms with E-state index in [1.165, 1.54) is 23.4 Å². The van der Waals surface area contributed by atoms with Gasteiger partial charge in [-0.05, 0) is 40.4 Å². The molecule has 2 aliphatic heterocycles. The Hall–Kier alpha value is -2.46. The lowest BCUT2D eigenvalue weighted by Crippen LogP contribution is -2.65. The van der Waals surface area contributed by atoms with Crippen LogP contribution in [0.4, 0.5) is 4.39 Å². The molecule has 1 saturated carbocycles. The summed E-state index contributed by atoms with van der Waals surface area (Å²) in [4.78, 5) is 37.4. The molecule has 0 radical (unpaired) electrons. The molecule has 1 aliphatic carbocycles. The number of halogens is 1. The van der Waals surface area contributed by atoms with E-state index in [2.05, 4.69) is 75.3 Å². The second-order valence-electron chi connectivity index (χ2n) is 16.4. The first kappa shape index (κ1) is 47.0. The maximum atomic E-state index is 15.7. The fraction of sp³-hybridized carbons (Fsp3) is 0.694. The first-order valence-electron chi connectivity index (χ1n) is 20.0. The number of aromatic nitrogens is 5. The average molecular weight is 932 g/mol. The first-order valence-corrected chi connectivity index (χ1v) is 27.7. The van der Waals surface area contributed by atoms with Crippen LogP contribution in [0.1, 0.15) is 80.9 Å². The highest BCUT2D eigenvalue weighted by atomic mass is 32.5. The Morgan fingerprint density at radius 2 is 1.83 bits per heavy atom. The van der Waals surface area contributed by atoms with Crippen molar-refractivity contribution in [3.8, 4) is 11.9 Å². The third-order valence-corrected chi connectivity index (χ3v) is 24.3. The monoisotopic (exact) mass is 931 g/mol. The van der Waals surface area contributed by atoms with Crippen LogP contribution in [0.3, 0.4) is 0 Å². The van der Waals surface area contributed by atoms with Gasteiger partial charge in [0.15, 0.2) is 17.7 Å². The number of H-pyrrole nitrogens is 1. The van der Waals surface area contributed by atoms with Crippen LogP contribution in [0.15, 0.2) is 35.9 Å². The number of ether oxygens (including phenoxy) is 2. The van der Waals surface area contributed by atoms with Crippen LogP contribution >= 0.6 is 15.0 Å². The zero-order chi connectivity index (χ0) is 43.6. The van der Waals surface area contributed by atoms with E-state index in [0.29, 0.717) is 12.3 Å². The van der Waals surface area contributed by atoms with Crippen LogP contribution in [0.2, 0.25) is 22.2 Å². The predicted molar refractivity (Wildman–Crippen MR) is 223 cm³/mol. The molecule has 9 atom stereocenters. The smallest absolute Gasteiger partial charge is 0.474 e. The van der Waals surface area contributed by atoms with Gasteiger partial charge in [0.2, 0.25) is 5.88 Å². The Bertz CT molecular complexity index is 2100. The van der Waals surface area contributed by atoms with Crippen molar-refractivity contribution < 1.29 is 54.4 Å². The van der Waals surface area contributed by atoms with Gasteiger partial charge in [-0.25, -0.2) is 19.3 Å². The summed E-state index contributed by atoms with van der Waals surface area (Å²) in [5.41, 5.74) is -0.795. The highest BCUT2D eigenvalue weighted by Gasteiger charge is 2.63. The summed E-state index contributed by atoms with van der Waals surface area (Å²) in [5.74, 6) is -1.04. The molecular weight excluding hydrogens is 878 g/mol. The molecule has 3 fully saturated rings. The number of hydrogen-bond acceptors (Lipinski definition) is 16. The Balaban J connectivity index is 1.41. The maximum absolute atomic E-state index is 15.7. The van der Waals surface area contributed by atoms with E-state index in [4.69, 9.17) is 52.3 Å². The Labute approximate surface area is 356 Å². The van der Waals surface area contributed by atoms with E-state index < -0.39 is 86.1 Å². The fourth-order valence-electron chi connectivity index (χ4n) is 8.41. The highest BCUT2D eigenvalue weighted by Crippen LogP contribution is 2.57. The van der Waals surface area contributed by atoms with Gasteiger partial charge in [-0.1, -0.05) is 55.4 Å². The molecule has 24 heteroatoms. The van der Waals surface area contributed by atoms with Gasteiger partial charge >= 0.3 is 32.1 Å². The van der Waals surface area contributed by atoms with E-state index in [1.54, 1.807) is 6.07 Å². The number of fused-ring (bicyclic) bond motifs is 2. The Morgan fingerprint density at radius 1 is 1.12 bits per heavy atom. The first-order chi connectivity index (χ1) is 28.4. The van der Waals surface area contributed by atoms with Crippen molar-refractivity contribution >= 4 is 54.9 Å². The van der Waals surface area contributed by atoms with Crippen molar-refractivity contribution in [3.05, 3.63) is 47.3 Å². The number of nitrogens with one attached hydrogen (secondary N) is 1. The molecule has 60 heavy (non-hydrogen) atoms. The molecule has 1 unspecified atom stereocenters. The molecule has 0 aromatic carbocycles. The van der Waals surface area contributed by atoms with Gasteiger partial charge in [0.1, 0.15) is 42.2 Å². The van der Waals surface area contributed by atoms with E-state index in [0.717, 1.165) is 6.20 Å². The standard InChI is InChI=1S/C36H53FN6O12P2SSi2/c1-21(2)59(22(3)4)49-18-29-32(54-60(55-59,23(5)6)24(7)8)33(36(51-29)43-16-27(37)31-34(43)41-20-42-35(31)44)53-57(58,47-13-9-11-38)48-17-25-14-26(15-28(25)52-56(45)46)50-30-10-12-39-19-40-30/h10,12,16,19-26,28-29,32-33,36H,9,13-15,17-18H2,1-8H3,(H-,41,42,44,45,46)/p+1/t25-,26-,28+,29-,32-,33-,36-,57-/m1/s1. The quantitative estimate of drug-likeness (QED) is 0.0794. The lowest BCUT2D eigenvalue weighted by atomic mass is 10.1. The van der Waals surface area contributed by atoms with Gasteiger partial charge in [-0.3, -0.25) is 9.32 Å². The summed E-state index contributed by atoms with van der Waals surface area (Å²) in [6.07, 6.45) is 0.277. The zero-order valence-electron chi connectivity index (χ0n) is 34.8. The molecule has 3 aromatic rings. The maximum Gasteiger partial charge on any atom is 0.695 e. The molecule has 3 aliphatic rings. The highest BCUT2D eigenvalue weighted by molar-refractivity contribution is 8.07. The summed E-state index contributed by atoms with van der Waals surface area (Å²) >= 11 is 6.12. The van der Waals surface area contributed by atoms with Crippen molar-refractivity contribution in [2.45, 2.75) is 134 Å². The summed E-state index contributed by atoms with van der Waals surface area (Å²) in [7, 11) is -9.34. The van der Waals surface area contributed by atoms with Crippen LogP contribution in [0.5, 0.6) is 5.88 Å². The summed E-state index contributed by atoms with van der Waals surface area (Å²) in [5, 5.41) is 9.19. The van der Waals surface area contributed by atoms with Crippen LogP contribution in [0.25, 0.3) is 11.0 Å². The van der Waals surface area contributed by atoms with Crippen molar-refractivity contribution in [1.29, 1.82) is 5.26 Å². The van der Waals surface area contributed by atoms with Crippen molar-refractivity contribution in [2.75, 3.05) is 19.8 Å². The molecule has 0 bridgehead atoms. The summed E-state index contributed by atoms with van der Waals surface area (Å²) < 4.78 is 88.5. The zero-order valence-corrected chi connectivity index (χ0v) is 39.4. The molecule has 5 heterocycles. The molecule has 6 rings (SSSR count). The minimum atomic E-state index is -3.94. The van der Waals surface area contributed by atoms with Gasteiger partial charge in [-0.2, -0.15) is 5.26 Å². The lowest BCUT2D eigenvalue weighted by Gasteiger charge is -2.51. The second kappa shape index (κ2) is 19.5. The van der Waals surface area contributed by atoms with E-state index in [-0.39, 0.29) is 65.9 Å². The molecule has 2 N–H and O–H groups in total. The number of nitrogens with zero attached hydrogens (tertiary/aromatic N) is 5. The van der Waals surface area contributed by atoms with E-state index in [1.807, 2.05) is 6.07 Å². The Morgan fingerprint density at radius 3 is 2.47 bits per heavy atom. The third-order valence-electron chi connectivity index (χ3n) is 11.3. The molecule has 0 amide bonds. The van der Waals surface area contributed by atoms with Gasteiger partial charge in [0.25, 0.3) is 5.56 Å². The molecule has 2 saturated heterocycles. The van der Waals surface area contributed by atoms with Crippen LogP contribution in [0, 0.1) is 23.1 Å². The third kappa shape index (κ3) is 9.85. The number of nitriles is 1. The fourth-order valence-corrected chi connectivity index (χ4v) is 22.2. The normalized spacial score (nSPS) is 27.8. The number of rotatable bonds is 17. The van der Waals surface area contributed by atoms with Gasteiger partial charge in [0, 0.05) is 35.4 Å². The molecular formula is C36H54FN6O12P2SSi2+. The topological polar surface area (TPSA) is 221 Å². The number of aromatic amines is 1. The van der Waals surface area contributed by atoms with Gasteiger partial charge in [0.05, 0.1) is 38.6 Å². The SMILES string of the molecule is CC(C)[Si]1(C(C)C)OC[C@H]2O[C@@H](n3cc(F)c4c(=O)[nH]cnc43)[C@H](O[P@@](=S)(OCCC#N)OC[C@H]3C[C@@H](Oc4ccncn4)C[C@@H]3O[P+](=O)O)[C@@H]2O[Si](C(C)C)(C(C)C)O1. The number of hydrogen-bond donors (Lipinski definition) is 2. The minimum absolute atomic E-state index is 0.0102.